The summed E-state index contributed by atoms with van der Waals surface area (Å²) in [6, 6.07) is 4.63. The number of fused-ring (bicyclic) bond motifs is 1. The number of nitrogens with one attached hydrogen (secondary N) is 4. The zero-order valence-electron chi connectivity index (χ0n) is 18.8. The average Bonchev–Trinajstić information content (AvgIpc) is 3.47. The second-order valence-corrected chi connectivity index (χ2v) is 8.73. The van der Waals surface area contributed by atoms with Gasteiger partial charge in [0.2, 0.25) is 0 Å². The number of rotatable bonds is 6. The van der Waals surface area contributed by atoms with E-state index in [9.17, 15) is 0 Å². The highest BCUT2D eigenvalue weighted by Crippen LogP contribution is 2.30. The van der Waals surface area contributed by atoms with Gasteiger partial charge in [-0.25, -0.2) is 4.98 Å². The van der Waals surface area contributed by atoms with Crippen molar-refractivity contribution in [3.63, 3.8) is 0 Å². The predicted molar refractivity (Wildman–Crippen MR) is 132 cm³/mol. The molecule has 33 heavy (non-hydrogen) atoms. The Balaban J connectivity index is 0.00000126. The Hall–Kier alpha value is -3.10. The standard InChI is InChI=1S/C23H28ClN7.CH2O/c1-15-10-17(16-2-5-25-6-3-16)11-21-22(15)30-23(29-21)19-13-26-7-4-20(19)27-8-9-31-14-18(24)12-28-31;1-2/h4,7,10-12,14,16,25-27H,2-3,5-6,8-9,13H2,1H3,(H,29,30);1H2. The van der Waals surface area contributed by atoms with Crippen LogP contribution < -0.4 is 16.0 Å². The van der Waals surface area contributed by atoms with Crippen LogP contribution in [0.1, 0.15) is 35.7 Å². The van der Waals surface area contributed by atoms with Gasteiger partial charge in [-0.15, -0.1) is 0 Å². The summed E-state index contributed by atoms with van der Waals surface area (Å²) in [5, 5.41) is 15.2. The van der Waals surface area contributed by atoms with Gasteiger partial charge in [-0.2, -0.15) is 5.10 Å². The lowest BCUT2D eigenvalue weighted by Crippen LogP contribution is -2.26. The van der Waals surface area contributed by atoms with Crippen molar-refractivity contribution in [2.75, 3.05) is 26.2 Å². The second kappa shape index (κ2) is 10.7. The number of benzene rings is 1. The van der Waals surface area contributed by atoms with Gasteiger partial charge in [0.25, 0.3) is 0 Å². The van der Waals surface area contributed by atoms with Crippen LogP contribution in [0.25, 0.3) is 16.6 Å². The molecule has 0 amide bonds. The number of dihydropyridines is 1. The van der Waals surface area contributed by atoms with Crippen LogP contribution in [-0.4, -0.2) is 52.7 Å². The van der Waals surface area contributed by atoms with Gasteiger partial charge in [0.1, 0.15) is 12.6 Å². The molecule has 0 unspecified atom stereocenters. The number of hydrogen-bond acceptors (Lipinski definition) is 6. The van der Waals surface area contributed by atoms with Crippen molar-refractivity contribution in [2.24, 2.45) is 0 Å². The molecule has 4 heterocycles. The first-order chi connectivity index (χ1) is 16.2. The molecule has 2 aromatic heterocycles. The van der Waals surface area contributed by atoms with Crippen LogP contribution in [0.4, 0.5) is 0 Å². The van der Waals surface area contributed by atoms with Crippen molar-refractivity contribution in [3.8, 4) is 0 Å². The number of aromatic nitrogens is 4. The van der Waals surface area contributed by atoms with Crippen LogP contribution in [0.5, 0.6) is 0 Å². The van der Waals surface area contributed by atoms with E-state index in [0.717, 1.165) is 60.9 Å². The first kappa shape index (κ1) is 23.1. The van der Waals surface area contributed by atoms with E-state index in [2.05, 4.69) is 51.2 Å². The molecule has 1 fully saturated rings. The third-order valence-electron chi connectivity index (χ3n) is 6.13. The molecule has 0 spiro atoms. The van der Waals surface area contributed by atoms with E-state index in [1.807, 2.05) is 23.9 Å². The molecule has 9 heteroatoms. The Morgan fingerprint density at radius 3 is 2.85 bits per heavy atom. The van der Waals surface area contributed by atoms with Crippen LogP contribution in [0.15, 0.2) is 42.5 Å². The lowest BCUT2D eigenvalue weighted by atomic mass is 9.89. The molecule has 3 aromatic rings. The van der Waals surface area contributed by atoms with Crippen LogP contribution in [0.2, 0.25) is 5.02 Å². The van der Waals surface area contributed by atoms with Gasteiger partial charge in [0, 0.05) is 30.6 Å². The number of H-pyrrole nitrogens is 1. The van der Waals surface area contributed by atoms with Gasteiger partial charge in [0.15, 0.2) is 0 Å². The summed E-state index contributed by atoms with van der Waals surface area (Å²) in [6.07, 6.45) is 9.92. The van der Waals surface area contributed by atoms with E-state index < -0.39 is 0 Å². The van der Waals surface area contributed by atoms with Crippen LogP contribution in [-0.2, 0) is 11.3 Å². The lowest BCUT2D eigenvalue weighted by molar-refractivity contribution is -0.0979. The van der Waals surface area contributed by atoms with Crippen molar-refractivity contribution in [1.82, 2.24) is 35.7 Å². The molecule has 0 radical (unpaired) electrons. The molecule has 1 saturated heterocycles. The van der Waals surface area contributed by atoms with Gasteiger partial charge < -0.3 is 25.7 Å². The Kier molecular flexibility index (Phi) is 7.47. The summed E-state index contributed by atoms with van der Waals surface area (Å²) in [4.78, 5) is 16.6. The highest BCUT2D eigenvalue weighted by molar-refractivity contribution is 6.30. The molecule has 2 aliphatic heterocycles. The summed E-state index contributed by atoms with van der Waals surface area (Å²) in [7, 11) is 0. The molecule has 0 bridgehead atoms. The number of hydrogen-bond donors (Lipinski definition) is 4. The predicted octanol–water partition coefficient (Wildman–Crippen LogP) is 3.12. The number of imidazole rings is 1. The van der Waals surface area contributed by atoms with Crippen LogP contribution in [0, 0.1) is 6.92 Å². The van der Waals surface area contributed by atoms with E-state index in [1.165, 1.54) is 24.0 Å². The van der Waals surface area contributed by atoms with E-state index >= 15 is 0 Å². The number of aromatic amines is 1. The maximum Gasteiger partial charge on any atom is 0.138 e. The van der Waals surface area contributed by atoms with Gasteiger partial charge in [-0.1, -0.05) is 17.7 Å². The van der Waals surface area contributed by atoms with Crippen molar-refractivity contribution >= 4 is 35.0 Å². The third-order valence-corrected chi connectivity index (χ3v) is 6.32. The monoisotopic (exact) mass is 467 g/mol. The lowest BCUT2D eigenvalue weighted by Gasteiger charge is -2.23. The number of aryl methyl sites for hydroxylation is 1. The summed E-state index contributed by atoms with van der Waals surface area (Å²) in [5.74, 6) is 1.55. The number of carbonyl (C=O) groups is 1. The molecule has 0 aliphatic carbocycles. The number of halogens is 1. The quantitative estimate of drug-likeness (QED) is 0.444. The van der Waals surface area contributed by atoms with Crippen molar-refractivity contribution in [3.05, 3.63) is 64.5 Å². The summed E-state index contributed by atoms with van der Waals surface area (Å²) >= 11 is 5.96. The van der Waals surface area contributed by atoms with E-state index in [1.54, 1.807) is 6.20 Å². The third kappa shape index (κ3) is 5.29. The van der Waals surface area contributed by atoms with E-state index in [4.69, 9.17) is 21.4 Å². The Labute approximate surface area is 198 Å². The van der Waals surface area contributed by atoms with Crippen molar-refractivity contribution < 1.29 is 4.79 Å². The minimum absolute atomic E-state index is 0.627. The second-order valence-electron chi connectivity index (χ2n) is 8.30. The molecule has 4 N–H and O–H groups in total. The molecule has 2 aliphatic rings. The molecule has 174 valence electrons. The fourth-order valence-corrected chi connectivity index (χ4v) is 4.65. The maximum atomic E-state index is 8.00. The molecular weight excluding hydrogens is 438 g/mol. The summed E-state index contributed by atoms with van der Waals surface area (Å²) in [6.45, 7) is 8.58. The fourth-order valence-electron chi connectivity index (χ4n) is 4.49. The highest BCUT2D eigenvalue weighted by Gasteiger charge is 2.19. The maximum absolute atomic E-state index is 8.00. The van der Waals surface area contributed by atoms with Crippen molar-refractivity contribution in [1.29, 1.82) is 0 Å². The fraction of sp³-hybridized carbons (Fsp3) is 0.375. The molecule has 8 nitrogen and oxygen atoms in total. The molecule has 5 rings (SSSR count). The highest BCUT2D eigenvalue weighted by atomic mass is 35.5. The minimum atomic E-state index is 0.627. The zero-order chi connectivity index (χ0) is 23.2. The minimum Gasteiger partial charge on any atom is -0.387 e. The SMILES string of the molecule is C=O.Cc1cc(C2CCNCC2)cc2[nH]c(C3=C(NCCn4cc(Cl)cn4)C=CNC3)nc12. The van der Waals surface area contributed by atoms with Crippen LogP contribution >= 0.6 is 11.6 Å². The van der Waals surface area contributed by atoms with Gasteiger partial charge in [0.05, 0.1) is 28.8 Å². The van der Waals surface area contributed by atoms with E-state index in [-0.39, 0.29) is 0 Å². The Morgan fingerprint density at radius 2 is 2.09 bits per heavy atom. The zero-order valence-corrected chi connectivity index (χ0v) is 19.6. The summed E-state index contributed by atoms with van der Waals surface area (Å²) in [5.41, 5.74) is 7.05. The van der Waals surface area contributed by atoms with E-state index in [0.29, 0.717) is 10.9 Å². The molecule has 1 aromatic carbocycles. The topological polar surface area (TPSA) is 99.7 Å². The largest absolute Gasteiger partial charge is 0.387 e. The van der Waals surface area contributed by atoms with Gasteiger partial charge >= 0.3 is 0 Å². The molecular formula is C24H30ClN7O. The van der Waals surface area contributed by atoms with Gasteiger partial charge in [-0.3, -0.25) is 4.68 Å². The number of carbonyl (C=O) groups excluding carboxylic acids is 1. The smallest absolute Gasteiger partial charge is 0.138 e. The first-order valence-electron chi connectivity index (χ1n) is 11.2. The normalized spacial score (nSPS) is 16.4. The molecule has 0 atom stereocenters. The number of piperidine rings is 1. The van der Waals surface area contributed by atoms with Gasteiger partial charge in [-0.05, 0) is 68.2 Å². The average molecular weight is 468 g/mol. The number of nitrogens with zero attached hydrogens (tertiary/aromatic N) is 3. The summed E-state index contributed by atoms with van der Waals surface area (Å²) < 4.78 is 1.84. The number of allylic oxidation sites excluding steroid dienone is 1. The van der Waals surface area contributed by atoms with Crippen molar-refractivity contribution in [2.45, 2.75) is 32.2 Å². The Morgan fingerprint density at radius 1 is 1.27 bits per heavy atom. The first-order valence-corrected chi connectivity index (χ1v) is 11.6. The van der Waals surface area contributed by atoms with Crippen LogP contribution in [0.3, 0.4) is 0 Å². The molecule has 0 saturated carbocycles. The Bertz CT molecular complexity index is 1160.